The van der Waals surface area contributed by atoms with Crippen LogP contribution in [-0.4, -0.2) is 41.4 Å². The lowest BCUT2D eigenvalue weighted by atomic mass is 9.82. The van der Waals surface area contributed by atoms with Crippen LogP contribution in [-0.2, 0) is 0 Å². The Hall–Kier alpha value is 0.790. The second-order valence-electron chi connectivity index (χ2n) is 5.79. The van der Waals surface area contributed by atoms with Crippen LogP contribution in [0.3, 0.4) is 0 Å². The molecule has 100 valence electrons. The van der Waals surface area contributed by atoms with Crippen LogP contribution in [0, 0.1) is 5.41 Å². The molecule has 2 fully saturated rings. The first-order chi connectivity index (χ1) is 8.35. The average molecular weight is 320 g/mol. The van der Waals surface area contributed by atoms with E-state index in [4.69, 9.17) is 0 Å². The van der Waals surface area contributed by atoms with Gasteiger partial charge in [0.1, 0.15) is 0 Å². The largest absolute Gasteiger partial charge is 0.302 e. The molecule has 0 atom stereocenters. The minimum absolute atomic E-state index is 0.589. The summed E-state index contributed by atoms with van der Waals surface area (Å²) < 4.78 is 0. The predicted molar refractivity (Wildman–Crippen MR) is 82.3 cm³/mol. The average Bonchev–Trinajstić information content (AvgIpc) is 2.73. The zero-order valence-corrected chi connectivity index (χ0v) is 13.3. The van der Waals surface area contributed by atoms with Crippen molar-refractivity contribution in [2.24, 2.45) is 5.41 Å². The summed E-state index contributed by atoms with van der Waals surface area (Å²) in [6, 6.07) is 0. The van der Waals surface area contributed by atoms with Crippen molar-refractivity contribution in [1.29, 1.82) is 0 Å². The zero-order chi connectivity index (χ0) is 12.0. The standard InChI is InChI=1S/C14H26BrNS/c15-12-14(6-3-1-2-4-7-14)13-16-8-5-10-17-11-9-16/h1-13H2. The highest BCUT2D eigenvalue weighted by Crippen LogP contribution is 2.37. The third kappa shape index (κ3) is 4.43. The Kier molecular flexibility index (Phi) is 6.18. The second kappa shape index (κ2) is 7.40. The summed E-state index contributed by atoms with van der Waals surface area (Å²) in [7, 11) is 0. The number of hydrogen-bond acceptors (Lipinski definition) is 2. The first-order valence-electron chi connectivity index (χ1n) is 7.21. The number of hydrogen-bond donors (Lipinski definition) is 0. The van der Waals surface area contributed by atoms with Crippen molar-refractivity contribution < 1.29 is 0 Å². The summed E-state index contributed by atoms with van der Waals surface area (Å²) in [5.41, 5.74) is 0.589. The highest BCUT2D eigenvalue weighted by molar-refractivity contribution is 9.09. The number of alkyl halides is 1. The lowest BCUT2D eigenvalue weighted by Gasteiger charge is -2.36. The molecule has 2 aliphatic rings. The molecule has 0 spiro atoms. The molecule has 2 rings (SSSR count). The minimum Gasteiger partial charge on any atom is -0.302 e. The van der Waals surface area contributed by atoms with Crippen molar-refractivity contribution in [3.05, 3.63) is 0 Å². The lowest BCUT2D eigenvalue weighted by Crippen LogP contribution is -2.40. The van der Waals surface area contributed by atoms with E-state index in [-0.39, 0.29) is 0 Å². The number of halogens is 1. The Labute approximate surface area is 119 Å². The molecule has 1 nitrogen and oxygen atoms in total. The van der Waals surface area contributed by atoms with E-state index in [2.05, 4.69) is 32.6 Å². The first kappa shape index (κ1) is 14.2. The van der Waals surface area contributed by atoms with Crippen LogP contribution in [0.4, 0.5) is 0 Å². The fourth-order valence-electron chi connectivity index (χ4n) is 3.24. The summed E-state index contributed by atoms with van der Waals surface area (Å²) in [6.45, 7) is 4.00. The molecule has 0 aromatic carbocycles. The van der Waals surface area contributed by atoms with Gasteiger partial charge in [0.2, 0.25) is 0 Å². The summed E-state index contributed by atoms with van der Waals surface area (Å²) in [5.74, 6) is 2.72. The Morgan fingerprint density at radius 2 is 1.71 bits per heavy atom. The van der Waals surface area contributed by atoms with Crippen LogP contribution in [0.2, 0.25) is 0 Å². The van der Waals surface area contributed by atoms with Gasteiger partial charge >= 0.3 is 0 Å². The van der Waals surface area contributed by atoms with Gasteiger partial charge in [-0.2, -0.15) is 11.8 Å². The van der Waals surface area contributed by atoms with E-state index in [1.807, 2.05) is 0 Å². The highest BCUT2D eigenvalue weighted by Gasteiger charge is 2.31. The molecule has 0 aromatic heterocycles. The Bertz CT molecular complexity index is 206. The lowest BCUT2D eigenvalue weighted by molar-refractivity contribution is 0.159. The van der Waals surface area contributed by atoms with Crippen molar-refractivity contribution in [2.75, 3.05) is 36.5 Å². The van der Waals surface area contributed by atoms with E-state index in [0.29, 0.717) is 5.41 Å². The molecule has 0 bridgehead atoms. The Balaban J connectivity index is 1.91. The van der Waals surface area contributed by atoms with Crippen molar-refractivity contribution in [1.82, 2.24) is 4.90 Å². The Morgan fingerprint density at radius 3 is 2.41 bits per heavy atom. The van der Waals surface area contributed by atoms with Gasteiger partial charge in [0.15, 0.2) is 0 Å². The van der Waals surface area contributed by atoms with Gasteiger partial charge in [0.05, 0.1) is 0 Å². The maximum absolute atomic E-state index is 3.82. The molecule has 1 aliphatic carbocycles. The van der Waals surface area contributed by atoms with Gasteiger partial charge in [-0.15, -0.1) is 0 Å². The van der Waals surface area contributed by atoms with Gasteiger partial charge in [-0.25, -0.2) is 0 Å². The van der Waals surface area contributed by atoms with Gasteiger partial charge < -0.3 is 4.90 Å². The first-order valence-corrected chi connectivity index (χ1v) is 9.48. The predicted octanol–water partition coefficient (Wildman–Crippen LogP) is 4.16. The molecule has 0 N–H and O–H groups in total. The third-order valence-electron chi connectivity index (χ3n) is 4.32. The van der Waals surface area contributed by atoms with Crippen LogP contribution in [0.15, 0.2) is 0 Å². The van der Waals surface area contributed by atoms with Crippen LogP contribution in [0.1, 0.15) is 44.9 Å². The molecule has 1 saturated carbocycles. The normalized spacial score (nSPS) is 27.4. The van der Waals surface area contributed by atoms with Crippen LogP contribution in [0.25, 0.3) is 0 Å². The van der Waals surface area contributed by atoms with Crippen LogP contribution < -0.4 is 0 Å². The molecule has 0 amide bonds. The summed E-state index contributed by atoms with van der Waals surface area (Å²) in [4.78, 5) is 2.74. The van der Waals surface area contributed by atoms with Gasteiger partial charge in [-0.05, 0) is 37.0 Å². The maximum atomic E-state index is 3.82. The van der Waals surface area contributed by atoms with Gasteiger partial charge in [0.25, 0.3) is 0 Å². The molecule has 0 unspecified atom stereocenters. The third-order valence-corrected chi connectivity index (χ3v) is 6.56. The monoisotopic (exact) mass is 319 g/mol. The van der Waals surface area contributed by atoms with Gasteiger partial charge in [-0.1, -0.05) is 41.6 Å². The fraction of sp³-hybridized carbons (Fsp3) is 1.00. The van der Waals surface area contributed by atoms with E-state index < -0.39 is 0 Å². The SMILES string of the molecule is BrCC1(CN2CCCSCC2)CCCCCC1. The number of thioether (sulfide) groups is 1. The summed E-state index contributed by atoms with van der Waals surface area (Å²) in [6.07, 6.45) is 10.1. The molecular formula is C14H26BrNS. The zero-order valence-electron chi connectivity index (χ0n) is 10.9. The van der Waals surface area contributed by atoms with E-state index in [1.54, 1.807) is 0 Å². The Morgan fingerprint density at radius 1 is 0.941 bits per heavy atom. The van der Waals surface area contributed by atoms with E-state index in [1.165, 1.54) is 81.4 Å². The van der Waals surface area contributed by atoms with Gasteiger partial charge in [0, 0.05) is 24.2 Å². The molecule has 3 heteroatoms. The molecule has 0 aromatic rings. The van der Waals surface area contributed by atoms with Gasteiger partial charge in [-0.3, -0.25) is 0 Å². The molecule has 1 saturated heterocycles. The minimum atomic E-state index is 0.589. The maximum Gasteiger partial charge on any atom is 0.0100 e. The highest BCUT2D eigenvalue weighted by atomic mass is 79.9. The summed E-state index contributed by atoms with van der Waals surface area (Å²) in [5, 5.41) is 1.21. The van der Waals surface area contributed by atoms with Crippen molar-refractivity contribution in [3.8, 4) is 0 Å². The number of nitrogens with zero attached hydrogens (tertiary/aromatic N) is 1. The van der Waals surface area contributed by atoms with Crippen LogP contribution >= 0.6 is 27.7 Å². The molecular weight excluding hydrogens is 294 g/mol. The van der Waals surface area contributed by atoms with E-state index in [9.17, 15) is 0 Å². The van der Waals surface area contributed by atoms with Crippen LogP contribution in [0.5, 0.6) is 0 Å². The van der Waals surface area contributed by atoms with Crippen molar-refractivity contribution in [3.63, 3.8) is 0 Å². The smallest absolute Gasteiger partial charge is 0.0100 e. The summed E-state index contributed by atoms with van der Waals surface area (Å²) >= 11 is 5.96. The molecule has 1 heterocycles. The second-order valence-corrected chi connectivity index (χ2v) is 7.58. The molecule has 0 radical (unpaired) electrons. The van der Waals surface area contributed by atoms with E-state index >= 15 is 0 Å². The molecule has 1 aliphatic heterocycles. The fourth-order valence-corrected chi connectivity index (χ4v) is 4.91. The molecule has 17 heavy (non-hydrogen) atoms. The van der Waals surface area contributed by atoms with Crippen molar-refractivity contribution in [2.45, 2.75) is 44.9 Å². The van der Waals surface area contributed by atoms with Crippen molar-refractivity contribution >= 4 is 27.7 Å². The van der Waals surface area contributed by atoms with E-state index in [0.717, 1.165) is 0 Å². The topological polar surface area (TPSA) is 3.24 Å². The number of rotatable bonds is 3. The quantitative estimate of drug-likeness (QED) is 0.567.